The Morgan fingerprint density at radius 1 is 1.39 bits per heavy atom. The maximum Gasteiger partial charge on any atom is 0.307 e. The Balaban J connectivity index is 2.33. The number of rotatable bonds is 2. The van der Waals surface area contributed by atoms with E-state index < -0.39 is 33.6 Å². The highest BCUT2D eigenvalue weighted by atomic mass is 35.5. The first-order valence-electron chi connectivity index (χ1n) is 4.98. The van der Waals surface area contributed by atoms with Crippen LogP contribution in [0, 0.1) is 5.82 Å². The highest BCUT2D eigenvalue weighted by Gasteiger charge is 2.39. The van der Waals surface area contributed by atoms with E-state index in [0.29, 0.717) is 0 Å². The lowest BCUT2D eigenvalue weighted by Crippen LogP contribution is -2.27. The number of amides is 1. The van der Waals surface area contributed by atoms with Gasteiger partial charge >= 0.3 is 10.2 Å². The summed E-state index contributed by atoms with van der Waals surface area (Å²) in [5, 5.41) is -1.42. The molecule has 1 aromatic carbocycles. The summed E-state index contributed by atoms with van der Waals surface area (Å²) in [6.45, 7) is -0.316. The van der Waals surface area contributed by atoms with E-state index in [2.05, 4.69) is 0 Å². The Labute approximate surface area is 107 Å². The smallest absolute Gasteiger partial charge is 0.307 e. The summed E-state index contributed by atoms with van der Waals surface area (Å²) in [5.41, 5.74) is 0.175. The van der Waals surface area contributed by atoms with Gasteiger partial charge in [-0.25, -0.2) is 4.39 Å². The lowest BCUT2D eigenvalue weighted by molar-refractivity contribution is -0.117. The molecule has 18 heavy (non-hydrogen) atoms. The molecule has 1 atom stereocenters. The van der Waals surface area contributed by atoms with E-state index in [-0.39, 0.29) is 17.3 Å². The summed E-state index contributed by atoms with van der Waals surface area (Å²) >= 11 is 5.76. The van der Waals surface area contributed by atoms with Crippen molar-refractivity contribution in [3.05, 3.63) is 29.0 Å². The molecule has 1 unspecified atom stereocenters. The van der Waals surface area contributed by atoms with Gasteiger partial charge < -0.3 is 4.90 Å². The molecule has 1 amide bonds. The van der Waals surface area contributed by atoms with Crippen LogP contribution >= 0.6 is 11.6 Å². The molecule has 0 radical (unpaired) electrons. The van der Waals surface area contributed by atoms with Crippen LogP contribution in [0.25, 0.3) is 0 Å². The molecule has 2 rings (SSSR count). The molecule has 1 fully saturated rings. The largest absolute Gasteiger partial charge is 0.309 e. The maximum atomic E-state index is 12.9. The lowest BCUT2D eigenvalue weighted by atomic mass is 10.3. The first kappa shape index (κ1) is 13.2. The number of carbonyl (C=O) groups excluding carboxylic acids is 1. The summed E-state index contributed by atoms with van der Waals surface area (Å²) in [7, 11) is -4.78. The van der Waals surface area contributed by atoms with Crippen LogP contribution in [0.15, 0.2) is 18.2 Å². The zero-order valence-corrected chi connectivity index (χ0v) is 10.5. The molecule has 0 N–H and O–H groups in total. The van der Waals surface area contributed by atoms with Gasteiger partial charge in [-0.2, -0.15) is 8.42 Å². The Hall–Kier alpha value is -1.21. The Morgan fingerprint density at radius 2 is 2.06 bits per heavy atom. The van der Waals surface area contributed by atoms with Gasteiger partial charge in [0.1, 0.15) is 11.1 Å². The van der Waals surface area contributed by atoms with Gasteiger partial charge in [0.25, 0.3) is 0 Å². The molecule has 1 aliphatic heterocycles. The highest BCUT2D eigenvalue weighted by Crippen LogP contribution is 2.31. The minimum Gasteiger partial charge on any atom is -0.309 e. The third-order valence-electron chi connectivity index (χ3n) is 2.69. The Morgan fingerprint density at radius 3 is 2.56 bits per heavy atom. The first-order valence-corrected chi connectivity index (χ1v) is 6.80. The second-order valence-corrected chi connectivity index (χ2v) is 5.93. The fraction of sp³-hybridized carbons (Fsp3) is 0.300. The van der Waals surface area contributed by atoms with Gasteiger partial charge in [-0.3, -0.25) is 4.79 Å². The summed E-state index contributed by atoms with van der Waals surface area (Å²) in [4.78, 5) is 12.7. The van der Waals surface area contributed by atoms with Crippen molar-refractivity contribution in [3.63, 3.8) is 0 Å². The molecule has 8 heteroatoms. The van der Waals surface area contributed by atoms with Crippen LogP contribution in [0.4, 0.5) is 14.0 Å². The number of hydrogen-bond acceptors (Lipinski definition) is 3. The summed E-state index contributed by atoms with van der Waals surface area (Å²) in [5.74, 6) is -1.14. The molecule has 0 aromatic heterocycles. The number of benzene rings is 1. The van der Waals surface area contributed by atoms with Crippen molar-refractivity contribution < 1.29 is 21.5 Å². The molecule has 1 heterocycles. The van der Waals surface area contributed by atoms with Gasteiger partial charge in [0.05, 0.1) is 10.7 Å². The van der Waals surface area contributed by atoms with Gasteiger partial charge in [0, 0.05) is 13.0 Å². The van der Waals surface area contributed by atoms with Crippen molar-refractivity contribution >= 4 is 33.4 Å². The highest BCUT2D eigenvalue weighted by molar-refractivity contribution is 7.87. The SMILES string of the molecule is O=C1CC(S(=O)(=O)F)CN1c1ccc(F)cc1Cl. The third-order valence-corrected chi connectivity index (χ3v) is 4.10. The van der Waals surface area contributed by atoms with Crippen LogP contribution in [0.2, 0.25) is 5.02 Å². The zero-order valence-electron chi connectivity index (χ0n) is 8.94. The molecule has 0 aliphatic carbocycles. The summed E-state index contributed by atoms with van der Waals surface area (Å²) in [6, 6.07) is 3.34. The molecule has 0 saturated carbocycles. The standard InChI is InChI=1S/C10H8ClF2NO3S/c11-8-3-6(12)1-2-9(8)14-5-7(4-10(14)15)18(13,16)17/h1-3,7H,4-5H2. The van der Waals surface area contributed by atoms with Gasteiger partial charge in [-0.15, -0.1) is 3.89 Å². The predicted octanol–water partition coefficient (Wildman–Crippen LogP) is 1.88. The Bertz CT molecular complexity index is 605. The Kier molecular flexibility index (Phi) is 3.29. The van der Waals surface area contributed by atoms with Crippen LogP contribution in [-0.2, 0) is 15.0 Å². The summed E-state index contributed by atoms with van der Waals surface area (Å²) < 4.78 is 47.2. The van der Waals surface area contributed by atoms with Crippen molar-refractivity contribution in [1.29, 1.82) is 0 Å². The van der Waals surface area contributed by atoms with E-state index in [1.807, 2.05) is 0 Å². The zero-order chi connectivity index (χ0) is 13.5. The number of carbonyl (C=O) groups is 1. The van der Waals surface area contributed by atoms with E-state index in [4.69, 9.17) is 11.6 Å². The molecular formula is C10H8ClF2NO3S. The van der Waals surface area contributed by atoms with E-state index in [0.717, 1.165) is 17.0 Å². The van der Waals surface area contributed by atoms with Gasteiger partial charge in [0.15, 0.2) is 0 Å². The predicted molar refractivity (Wildman–Crippen MR) is 62.2 cm³/mol. The first-order chi connectivity index (χ1) is 8.29. The monoisotopic (exact) mass is 295 g/mol. The quantitative estimate of drug-likeness (QED) is 0.783. The lowest BCUT2D eigenvalue weighted by Gasteiger charge is -2.17. The van der Waals surface area contributed by atoms with Gasteiger partial charge in [-0.05, 0) is 18.2 Å². The van der Waals surface area contributed by atoms with E-state index in [9.17, 15) is 21.5 Å². The molecule has 98 valence electrons. The average Bonchev–Trinajstić information content (AvgIpc) is 2.60. The van der Waals surface area contributed by atoms with Gasteiger partial charge in [-0.1, -0.05) is 11.6 Å². The van der Waals surface area contributed by atoms with Crippen LogP contribution in [0.5, 0.6) is 0 Å². The molecular weight excluding hydrogens is 288 g/mol. The fourth-order valence-corrected chi connectivity index (χ4v) is 2.73. The number of nitrogens with zero attached hydrogens (tertiary/aromatic N) is 1. The number of hydrogen-bond donors (Lipinski definition) is 0. The molecule has 4 nitrogen and oxygen atoms in total. The topological polar surface area (TPSA) is 54.5 Å². The van der Waals surface area contributed by atoms with E-state index in [1.54, 1.807) is 0 Å². The maximum absolute atomic E-state index is 12.9. The molecule has 1 aliphatic rings. The van der Waals surface area contributed by atoms with Crippen molar-refractivity contribution in [2.24, 2.45) is 0 Å². The molecule has 0 bridgehead atoms. The second-order valence-electron chi connectivity index (χ2n) is 3.90. The normalized spacial score (nSPS) is 20.5. The third kappa shape index (κ3) is 2.46. The number of halogens is 3. The average molecular weight is 296 g/mol. The van der Waals surface area contributed by atoms with Crippen LogP contribution in [-0.4, -0.2) is 26.1 Å². The van der Waals surface area contributed by atoms with Crippen LogP contribution in [0.1, 0.15) is 6.42 Å². The van der Waals surface area contributed by atoms with Crippen molar-refractivity contribution in [1.82, 2.24) is 0 Å². The van der Waals surface area contributed by atoms with Gasteiger partial charge in [0.2, 0.25) is 5.91 Å². The minimum absolute atomic E-state index is 0.0275. The van der Waals surface area contributed by atoms with Crippen molar-refractivity contribution in [2.45, 2.75) is 11.7 Å². The van der Waals surface area contributed by atoms with Crippen molar-refractivity contribution in [2.75, 3.05) is 11.4 Å². The van der Waals surface area contributed by atoms with Crippen LogP contribution in [0.3, 0.4) is 0 Å². The molecule has 1 saturated heterocycles. The fourth-order valence-electron chi connectivity index (χ4n) is 1.80. The van der Waals surface area contributed by atoms with E-state index in [1.165, 1.54) is 6.07 Å². The van der Waals surface area contributed by atoms with Crippen molar-refractivity contribution in [3.8, 4) is 0 Å². The molecule has 0 spiro atoms. The minimum atomic E-state index is -4.78. The molecule has 1 aromatic rings. The van der Waals surface area contributed by atoms with E-state index >= 15 is 0 Å². The number of anilines is 1. The van der Waals surface area contributed by atoms with Crippen LogP contribution < -0.4 is 4.90 Å². The summed E-state index contributed by atoms with van der Waals surface area (Å²) in [6.07, 6.45) is -0.438. The second kappa shape index (κ2) is 4.47.